The molecule has 2 aromatic rings. The largest absolute Gasteiger partial charge is 0.383 e. The van der Waals surface area contributed by atoms with Crippen LogP contribution in [-0.4, -0.2) is 70.9 Å². The molecule has 0 aliphatic carbocycles. The Bertz CT molecular complexity index is 1270. The van der Waals surface area contributed by atoms with E-state index in [2.05, 4.69) is 43.2 Å². The van der Waals surface area contributed by atoms with Gasteiger partial charge in [0.1, 0.15) is 16.7 Å². The van der Waals surface area contributed by atoms with Gasteiger partial charge in [-0.2, -0.15) is 0 Å². The Balaban J connectivity index is 1.25. The summed E-state index contributed by atoms with van der Waals surface area (Å²) in [5, 5.41) is 3.80. The van der Waals surface area contributed by atoms with Crippen molar-refractivity contribution in [3.8, 4) is 0 Å². The van der Waals surface area contributed by atoms with E-state index >= 15 is 0 Å². The number of halogens is 2. The zero-order chi connectivity index (χ0) is 26.8. The maximum Gasteiger partial charge on any atom is 0.257 e. The number of amides is 1. The molecule has 5 heterocycles. The lowest BCUT2D eigenvalue weighted by atomic mass is 9.85. The number of aromatic nitrogens is 3. The van der Waals surface area contributed by atoms with E-state index in [1.165, 1.54) is 5.57 Å². The Labute approximate surface area is 232 Å². The Hall–Kier alpha value is -3.11. The van der Waals surface area contributed by atoms with Crippen LogP contribution in [0.4, 0.5) is 17.5 Å². The van der Waals surface area contributed by atoms with Crippen LogP contribution in [0, 0.1) is 11.8 Å². The van der Waals surface area contributed by atoms with Crippen LogP contribution in [-0.2, 0) is 0 Å². The number of piperidine rings is 1. The molecule has 1 amide bonds. The average molecular weight is 559 g/mol. The van der Waals surface area contributed by atoms with Crippen LogP contribution < -0.4 is 21.7 Å². The Morgan fingerprint density at radius 1 is 1.11 bits per heavy atom. The van der Waals surface area contributed by atoms with Crippen LogP contribution >= 0.6 is 23.2 Å². The maximum absolute atomic E-state index is 13.0. The van der Waals surface area contributed by atoms with E-state index in [1.807, 2.05) is 4.90 Å². The van der Waals surface area contributed by atoms with Gasteiger partial charge < -0.3 is 26.6 Å². The quantitative estimate of drug-likeness (QED) is 0.375. The predicted octanol–water partition coefficient (Wildman–Crippen LogP) is 3.41. The van der Waals surface area contributed by atoms with E-state index in [1.54, 1.807) is 12.1 Å². The zero-order valence-corrected chi connectivity index (χ0v) is 23.0. The second-order valence-corrected chi connectivity index (χ2v) is 10.7. The van der Waals surface area contributed by atoms with Crippen LogP contribution in [0.5, 0.6) is 0 Å². The van der Waals surface area contributed by atoms with E-state index in [0.717, 1.165) is 45.3 Å². The smallest absolute Gasteiger partial charge is 0.257 e. The first kappa shape index (κ1) is 26.5. The summed E-state index contributed by atoms with van der Waals surface area (Å²) in [5.74, 6) is 2.46. The average Bonchev–Trinajstić information content (AvgIpc) is 3.36. The van der Waals surface area contributed by atoms with E-state index in [0.29, 0.717) is 65.4 Å². The topological polar surface area (TPSA) is 139 Å². The van der Waals surface area contributed by atoms with Crippen molar-refractivity contribution >= 4 is 52.4 Å². The van der Waals surface area contributed by atoms with Crippen molar-refractivity contribution in [1.29, 1.82) is 0 Å². The van der Waals surface area contributed by atoms with Gasteiger partial charge in [0.25, 0.3) is 5.91 Å². The molecule has 0 radical (unpaired) electrons. The fraction of sp³-hybridized carbons (Fsp3) is 0.500. The number of rotatable bonds is 5. The number of anilines is 3. The van der Waals surface area contributed by atoms with Gasteiger partial charge in [-0.15, -0.1) is 0 Å². The summed E-state index contributed by atoms with van der Waals surface area (Å²) in [6.07, 6.45) is 6.15. The highest BCUT2D eigenvalue weighted by Crippen LogP contribution is 2.34. The third-order valence-electron chi connectivity index (χ3n) is 7.59. The highest BCUT2D eigenvalue weighted by atomic mass is 35.5. The number of carbonyl (C=O) groups excluding carboxylic acids is 1. The SMILES string of the molecule is CC[C@@H]1C=C(C2CCN(C(=O)c3ccc(Cl)nc3N)CC2)CCN(c2nc(N)c(C3=NCCN3)nc2Cl)C1. The van der Waals surface area contributed by atoms with Gasteiger partial charge in [0.15, 0.2) is 22.6 Å². The van der Waals surface area contributed by atoms with Gasteiger partial charge in [-0.1, -0.05) is 41.8 Å². The number of likely N-dealkylation sites (tertiary alicyclic amines) is 1. The van der Waals surface area contributed by atoms with Gasteiger partial charge >= 0.3 is 0 Å². The van der Waals surface area contributed by atoms with Crippen molar-refractivity contribution in [3.63, 3.8) is 0 Å². The fourth-order valence-electron chi connectivity index (χ4n) is 5.46. The van der Waals surface area contributed by atoms with Gasteiger partial charge in [0, 0.05) is 32.7 Å². The molecule has 3 aliphatic heterocycles. The number of hydrogen-bond acceptors (Lipinski definition) is 9. The molecule has 12 heteroatoms. The number of pyridine rings is 1. The number of nitrogen functional groups attached to an aromatic ring is 2. The number of nitrogens with two attached hydrogens (primary N) is 2. The molecular weight excluding hydrogens is 525 g/mol. The Morgan fingerprint density at radius 2 is 1.89 bits per heavy atom. The summed E-state index contributed by atoms with van der Waals surface area (Å²) in [6.45, 7) is 6.57. The first-order valence-corrected chi connectivity index (χ1v) is 13.9. The summed E-state index contributed by atoms with van der Waals surface area (Å²) in [5.41, 5.74) is 14.6. The molecule has 1 fully saturated rings. The third kappa shape index (κ3) is 5.51. The molecule has 1 saturated heterocycles. The third-order valence-corrected chi connectivity index (χ3v) is 8.05. The van der Waals surface area contributed by atoms with E-state index in [4.69, 9.17) is 34.7 Å². The van der Waals surface area contributed by atoms with Crippen molar-refractivity contribution in [2.75, 3.05) is 55.6 Å². The van der Waals surface area contributed by atoms with Crippen molar-refractivity contribution in [2.24, 2.45) is 16.8 Å². The molecule has 5 N–H and O–H groups in total. The van der Waals surface area contributed by atoms with Crippen molar-refractivity contribution in [1.82, 2.24) is 25.2 Å². The zero-order valence-electron chi connectivity index (χ0n) is 21.5. The first-order valence-electron chi connectivity index (χ1n) is 13.1. The van der Waals surface area contributed by atoms with Crippen LogP contribution in [0.15, 0.2) is 28.8 Å². The summed E-state index contributed by atoms with van der Waals surface area (Å²) in [6, 6.07) is 3.25. The molecular formula is C26H33Cl2N9O. The molecule has 2 aromatic heterocycles. The Kier molecular flexibility index (Phi) is 7.90. The van der Waals surface area contributed by atoms with Crippen LogP contribution in [0.1, 0.15) is 48.7 Å². The molecule has 0 spiro atoms. The number of aliphatic imine (C=N–C) groups is 1. The molecule has 5 rings (SSSR count). The lowest BCUT2D eigenvalue weighted by Crippen LogP contribution is -2.39. The van der Waals surface area contributed by atoms with E-state index in [-0.39, 0.29) is 16.9 Å². The molecule has 10 nitrogen and oxygen atoms in total. The molecule has 3 aliphatic rings. The molecule has 202 valence electrons. The highest BCUT2D eigenvalue weighted by Gasteiger charge is 2.30. The van der Waals surface area contributed by atoms with Gasteiger partial charge in [0.2, 0.25) is 0 Å². The fourth-order valence-corrected chi connectivity index (χ4v) is 5.86. The van der Waals surface area contributed by atoms with E-state index in [9.17, 15) is 4.79 Å². The van der Waals surface area contributed by atoms with Gasteiger partial charge in [-0.05, 0) is 49.7 Å². The maximum atomic E-state index is 13.0. The molecule has 0 bridgehead atoms. The summed E-state index contributed by atoms with van der Waals surface area (Å²) >= 11 is 12.5. The Morgan fingerprint density at radius 3 is 2.58 bits per heavy atom. The standard InChI is InChI=1S/C26H33Cl2N9O/c1-2-15-13-17(16-5-10-36(11-6-16)26(38)18-3-4-19(27)33-22(18)29)7-12-37(14-15)25-21(28)34-20(23(30)35-25)24-31-8-9-32-24/h3-4,13,15-16H,2,5-12,14H2,1H3,(H2,29,33)(H2,30,35)(H,31,32)/t15-/m1/s1. The summed E-state index contributed by atoms with van der Waals surface area (Å²) < 4.78 is 0. The second kappa shape index (κ2) is 11.3. The minimum absolute atomic E-state index is 0.0920. The van der Waals surface area contributed by atoms with Crippen LogP contribution in [0.25, 0.3) is 0 Å². The first-order chi connectivity index (χ1) is 18.3. The predicted molar refractivity (Wildman–Crippen MR) is 152 cm³/mol. The number of hydrogen-bond donors (Lipinski definition) is 3. The van der Waals surface area contributed by atoms with Crippen LogP contribution in [0.3, 0.4) is 0 Å². The molecule has 0 saturated carbocycles. The molecule has 1 atom stereocenters. The number of amidine groups is 1. The number of nitrogens with one attached hydrogen (secondary N) is 1. The highest BCUT2D eigenvalue weighted by molar-refractivity contribution is 6.32. The van der Waals surface area contributed by atoms with Crippen LogP contribution in [0.2, 0.25) is 10.3 Å². The minimum atomic E-state index is -0.0920. The molecule has 0 unspecified atom stereocenters. The van der Waals surface area contributed by atoms with Gasteiger partial charge in [0.05, 0.1) is 12.1 Å². The number of nitrogens with zero attached hydrogens (tertiary/aromatic N) is 6. The summed E-state index contributed by atoms with van der Waals surface area (Å²) in [7, 11) is 0. The van der Waals surface area contributed by atoms with E-state index < -0.39 is 0 Å². The normalized spacial score (nSPS) is 20.6. The van der Waals surface area contributed by atoms with Gasteiger partial charge in [-0.25, -0.2) is 15.0 Å². The van der Waals surface area contributed by atoms with Crippen molar-refractivity contribution in [3.05, 3.63) is 45.3 Å². The lowest BCUT2D eigenvalue weighted by molar-refractivity contribution is 0.0702. The summed E-state index contributed by atoms with van der Waals surface area (Å²) in [4.78, 5) is 34.7. The molecule has 0 aromatic carbocycles. The monoisotopic (exact) mass is 557 g/mol. The lowest BCUT2D eigenvalue weighted by Gasteiger charge is -2.33. The van der Waals surface area contributed by atoms with Gasteiger partial charge in [-0.3, -0.25) is 9.79 Å². The second-order valence-electron chi connectivity index (χ2n) is 9.97. The minimum Gasteiger partial charge on any atom is -0.383 e. The molecule has 38 heavy (non-hydrogen) atoms. The van der Waals surface area contributed by atoms with Crippen molar-refractivity contribution < 1.29 is 4.79 Å². The number of carbonyl (C=O) groups is 1. The van der Waals surface area contributed by atoms with Crippen molar-refractivity contribution in [2.45, 2.75) is 32.6 Å².